The summed E-state index contributed by atoms with van der Waals surface area (Å²) in [5, 5.41) is 6.79. The Kier molecular flexibility index (Phi) is 3.85. The van der Waals surface area contributed by atoms with Crippen molar-refractivity contribution < 1.29 is 14.4 Å². The first-order valence-corrected chi connectivity index (χ1v) is 7.00. The van der Waals surface area contributed by atoms with E-state index in [1.165, 1.54) is 6.42 Å². The van der Waals surface area contributed by atoms with Crippen molar-refractivity contribution in [3.8, 4) is 0 Å². The molecule has 5 heteroatoms. The fraction of sp³-hybridized carbons (Fsp3) is 0.467. The van der Waals surface area contributed by atoms with Gasteiger partial charge in [0.1, 0.15) is 12.7 Å². The summed E-state index contributed by atoms with van der Waals surface area (Å²) < 4.78 is 5.15. The predicted molar refractivity (Wildman–Crippen MR) is 74.3 cm³/mol. The summed E-state index contributed by atoms with van der Waals surface area (Å²) in [5.41, 5.74) is 1.91. The average Bonchev–Trinajstić information content (AvgIpc) is 3.07. The fourth-order valence-electron chi connectivity index (χ4n) is 2.74. The van der Waals surface area contributed by atoms with Crippen molar-refractivity contribution in [3.05, 3.63) is 35.9 Å². The van der Waals surface area contributed by atoms with Crippen molar-refractivity contribution in [2.45, 2.75) is 32.0 Å². The minimum absolute atomic E-state index is 0.229. The van der Waals surface area contributed by atoms with Gasteiger partial charge >= 0.3 is 6.09 Å². The molecule has 2 aliphatic rings. The number of carbonyl (C=O) groups is 1. The van der Waals surface area contributed by atoms with Crippen LogP contribution in [0.2, 0.25) is 0 Å². The number of carbonyl (C=O) groups excluding carboxylic acids is 1. The largest absolute Gasteiger partial charge is 0.445 e. The monoisotopic (exact) mass is 274 g/mol. The lowest BCUT2D eigenvalue weighted by Gasteiger charge is -2.10. The molecule has 0 bridgehead atoms. The first-order valence-electron chi connectivity index (χ1n) is 7.00. The maximum Gasteiger partial charge on any atom is 0.407 e. The van der Waals surface area contributed by atoms with E-state index < -0.39 is 6.09 Å². The summed E-state index contributed by atoms with van der Waals surface area (Å²) in [6.07, 6.45) is 3.15. The van der Waals surface area contributed by atoms with Gasteiger partial charge in [-0.15, -0.1) is 0 Å². The van der Waals surface area contributed by atoms with E-state index in [4.69, 9.17) is 9.57 Å². The normalized spacial score (nSPS) is 23.7. The van der Waals surface area contributed by atoms with Crippen molar-refractivity contribution >= 4 is 11.8 Å². The van der Waals surface area contributed by atoms with E-state index in [-0.39, 0.29) is 12.7 Å². The Hall–Kier alpha value is -2.04. The highest BCUT2D eigenvalue weighted by molar-refractivity contribution is 5.92. The van der Waals surface area contributed by atoms with Crippen LogP contribution in [0.4, 0.5) is 4.79 Å². The van der Waals surface area contributed by atoms with Gasteiger partial charge in [-0.2, -0.15) is 0 Å². The summed E-state index contributed by atoms with van der Waals surface area (Å²) in [5.74, 6) is 0.379. The molecular weight excluding hydrogens is 256 g/mol. The van der Waals surface area contributed by atoms with Crippen LogP contribution in [0.15, 0.2) is 35.5 Å². The smallest absolute Gasteiger partial charge is 0.407 e. The molecular formula is C15H18N2O3. The Morgan fingerprint density at radius 3 is 3.05 bits per heavy atom. The molecule has 2 unspecified atom stereocenters. The topological polar surface area (TPSA) is 59.9 Å². The standard InChI is InChI=1S/C15H18N2O3/c18-15(19-10-11-5-2-1-3-6-11)16-9-13-12-7-4-8-14(12)20-17-13/h1-3,5-6,12,14H,4,7-10H2,(H,16,18). The van der Waals surface area contributed by atoms with Crippen LogP contribution < -0.4 is 5.32 Å². The lowest BCUT2D eigenvalue weighted by Crippen LogP contribution is -2.33. The van der Waals surface area contributed by atoms with Gasteiger partial charge in [0.15, 0.2) is 0 Å². The average molecular weight is 274 g/mol. The molecule has 0 spiro atoms. The van der Waals surface area contributed by atoms with Gasteiger partial charge in [-0.3, -0.25) is 0 Å². The van der Waals surface area contributed by atoms with E-state index in [0.717, 1.165) is 24.1 Å². The minimum atomic E-state index is -0.419. The number of benzene rings is 1. The lowest BCUT2D eigenvalue weighted by molar-refractivity contribution is 0.0746. The zero-order valence-electron chi connectivity index (χ0n) is 11.2. The van der Waals surface area contributed by atoms with Gasteiger partial charge in [0.05, 0.1) is 12.3 Å². The van der Waals surface area contributed by atoms with Crippen LogP contribution in [0, 0.1) is 5.92 Å². The Morgan fingerprint density at radius 1 is 1.35 bits per heavy atom. The van der Waals surface area contributed by atoms with Crippen LogP contribution >= 0.6 is 0 Å². The van der Waals surface area contributed by atoms with Gasteiger partial charge in [0.2, 0.25) is 0 Å². The van der Waals surface area contributed by atoms with Gasteiger partial charge in [-0.1, -0.05) is 35.5 Å². The second-order valence-electron chi connectivity index (χ2n) is 5.18. The highest BCUT2D eigenvalue weighted by Gasteiger charge is 2.37. The third kappa shape index (κ3) is 2.92. The molecule has 1 aliphatic heterocycles. The SMILES string of the molecule is O=C(NCC1=NOC2CCCC12)OCc1ccccc1. The number of amides is 1. The van der Waals surface area contributed by atoms with E-state index in [1.54, 1.807) is 0 Å². The molecule has 1 heterocycles. The highest BCUT2D eigenvalue weighted by Crippen LogP contribution is 2.33. The van der Waals surface area contributed by atoms with Crippen LogP contribution in [-0.2, 0) is 16.2 Å². The van der Waals surface area contributed by atoms with E-state index in [0.29, 0.717) is 12.5 Å². The van der Waals surface area contributed by atoms with Crippen molar-refractivity contribution in [2.24, 2.45) is 11.1 Å². The minimum Gasteiger partial charge on any atom is -0.445 e. The van der Waals surface area contributed by atoms with E-state index >= 15 is 0 Å². The van der Waals surface area contributed by atoms with Crippen molar-refractivity contribution in [2.75, 3.05) is 6.54 Å². The second kappa shape index (κ2) is 5.94. The van der Waals surface area contributed by atoms with Crippen LogP contribution in [-0.4, -0.2) is 24.5 Å². The highest BCUT2D eigenvalue weighted by atomic mass is 16.6. The van der Waals surface area contributed by atoms with E-state index in [1.807, 2.05) is 30.3 Å². The molecule has 1 aromatic carbocycles. The third-order valence-corrected chi connectivity index (χ3v) is 3.81. The number of hydrogen-bond donors (Lipinski definition) is 1. The number of alkyl carbamates (subject to hydrolysis) is 1. The van der Waals surface area contributed by atoms with Gasteiger partial charge in [-0.25, -0.2) is 4.79 Å². The maximum absolute atomic E-state index is 11.6. The van der Waals surface area contributed by atoms with Crippen LogP contribution in [0.1, 0.15) is 24.8 Å². The molecule has 0 aromatic heterocycles. The zero-order valence-corrected chi connectivity index (χ0v) is 11.2. The Morgan fingerprint density at radius 2 is 2.20 bits per heavy atom. The number of nitrogens with zero attached hydrogens (tertiary/aromatic N) is 1. The maximum atomic E-state index is 11.6. The van der Waals surface area contributed by atoms with Gasteiger partial charge in [0, 0.05) is 5.92 Å². The molecule has 1 fully saturated rings. The van der Waals surface area contributed by atoms with Gasteiger partial charge in [0.25, 0.3) is 0 Å². The summed E-state index contributed by atoms with van der Waals surface area (Å²) >= 11 is 0. The third-order valence-electron chi connectivity index (χ3n) is 3.81. The van der Waals surface area contributed by atoms with E-state index in [2.05, 4.69) is 10.5 Å². The van der Waals surface area contributed by atoms with Gasteiger partial charge in [-0.05, 0) is 24.8 Å². The number of oxime groups is 1. The molecule has 2 atom stereocenters. The molecule has 0 radical (unpaired) electrons. The second-order valence-corrected chi connectivity index (χ2v) is 5.18. The Bertz CT molecular complexity index is 501. The number of hydrogen-bond acceptors (Lipinski definition) is 4. The van der Waals surface area contributed by atoms with Crippen molar-refractivity contribution in [3.63, 3.8) is 0 Å². The number of nitrogens with one attached hydrogen (secondary N) is 1. The summed E-state index contributed by atoms with van der Waals surface area (Å²) in [6.45, 7) is 0.691. The molecule has 3 rings (SSSR count). The summed E-state index contributed by atoms with van der Waals surface area (Å²) in [7, 11) is 0. The number of fused-ring (bicyclic) bond motifs is 1. The molecule has 1 aliphatic carbocycles. The Balaban J connectivity index is 1.41. The lowest BCUT2D eigenvalue weighted by atomic mass is 10.0. The molecule has 1 aromatic rings. The molecule has 0 saturated heterocycles. The van der Waals surface area contributed by atoms with E-state index in [9.17, 15) is 4.79 Å². The zero-order chi connectivity index (χ0) is 13.8. The molecule has 5 nitrogen and oxygen atoms in total. The van der Waals surface area contributed by atoms with Crippen molar-refractivity contribution in [1.29, 1.82) is 0 Å². The molecule has 106 valence electrons. The van der Waals surface area contributed by atoms with Gasteiger partial charge < -0.3 is 14.9 Å². The number of ether oxygens (including phenoxy) is 1. The van der Waals surface area contributed by atoms with Crippen LogP contribution in [0.25, 0.3) is 0 Å². The molecule has 20 heavy (non-hydrogen) atoms. The molecule has 1 saturated carbocycles. The number of rotatable bonds is 4. The van der Waals surface area contributed by atoms with Crippen molar-refractivity contribution in [1.82, 2.24) is 5.32 Å². The first-order chi connectivity index (χ1) is 9.83. The van der Waals surface area contributed by atoms with Crippen LogP contribution in [0.5, 0.6) is 0 Å². The first kappa shape index (κ1) is 13.0. The summed E-state index contributed by atoms with van der Waals surface area (Å²) in [6, 6.07) is 9.61. The quantitative estimate of drug-likeness (QED) is 0.917. The summed E-state index contributed by atoms with van der Waals surface area (Å²) in [4.78, 5) is 17.0. The van der Waals surface area contributed by atoms with Crippen LogP contribution in [0.3, 0.4) is 0 Å². The fourth-order valence-corrected chi connectivity index (χ4v) is 2.74. The molecule has 1 amide bonds. The Labute approximate surface area is 117 Å². The molecule has 1 N–H and O–H groups in total. The predicted octanol–water partition coefficient (Wildman–Crippen LogP) is 2.47.